The summed E-state index contributed by atoms with van der Waals surface area (Å²) in [6, 6.07) is 5.40. The molecule has 0 atom stereocenters. The summed E-state index contributed by atoms with van der Waals surface area (Å²) in [6.07, 6.45) is 0. The molecule has 2 aliphatic rings. The van der Waals surface area contributed by atoms with Gasteiger partial charge in [-0.3, -0.25) is 14.5 Å². The molecule has 0 bridgehead atoms. The van der Waals surface area contributed by atoms with E-state index < -0.39 is 5.41 Å². The molecule has 2 amide bonds. The molecule has 8 nitrogen and oxygen atoms in total. The van der Waals surface area contributed by atoms with Gasteiger partial charge in [0.1, 0.15) is 17.9 Å². The number of rotatable bonds is 4. The van der Waals surface area contributed by atoms with E-state index in [1.807, 2.05) is 37.8 Å². The van der Waals surface area contributed by atoms with Gasteiger partial charge in [-0.05, 0) is 44.5 Å². The molecule has 2 aromatic rings. The van der Waals surface area contributed by atoms with Gasteiger partial charge in [-0.1, -0.05) is 21.9 Å². The normalized spacial score (nSPS) is 19.0. The molecular weight excluding hydrogens is 394 g/mol. The maximum absolute atomic E-state index is 13.0. The second kappa shape index (κ2) is 7.42. The van der Waals surface area contributed by atoms with Crippen molar-refractivity contribution in [2.45, 2.75) is 32.7 Å². The SMILES string of the molecule is Cc1nonc1CN1CCN(C(=O)CN2C(=O)C(C)(C)c3cc(Cl)ccc32)CC1. The van der Waals surface area contributed by atoms with Gasteiger partial charge in [0.25, 0.3) is 0 Å². The van der Waals surface area contributed by atoms with Gasteiger partial charge in [0, 0.05) is 43.4 Å². The Morgan fingerprint density at radius 1 is 1.21 bits per heavy atom. The monoisotopic (exact) mass is 417 g/mol. The second-order valence-corrected chi connectivity index (χ2v) is 8.57. The molecule has 4 rings (SSSR count). The Balaban J connectivity index is 1.39. The van der Waals surface area contributed by atoms with Gasteiger partial charge in [0.2, 0.25) is 11.8 Å². The number of fused-ring (bicyclic) bond motifs is 1. The fourth-order valence-corrected chi connectivity index (χ4v) is 4.13. The summed E-state index contributed by atoms with van der Waals surface area (Å²) >= 11 is 6.12. The van der Waals surface area contributed by atoms with Crippen LogP contribution in [0, 0.1) is 6.92 Å². The Bertz CT molecular complexity index is 949. The number of piperazine rings is 1. The van der Waals surface area contributed by atoms with Gasteiger partial charge in [0.15, 0.2) is 0 Å². The molecule has 1 aromatic heterocycles. The Hall–Kier alpha value is -2.45. The van der Waals surface area contributed by atoms with E-state index in [2.05, 4.69) is 15.2 Å². The molecule has 2 aliphatic heterocycles. The molecule has 0 unspecified atom stereocenters. The highest BCUT2D eigenvalue weighted by Gasteiger charge is 2.44. The molecule has 0 saturated carbocycles. The van der Waals surface area contributed by atoms with Crippen LogP contribution in [0.1, 0.15) is 30.8 Å². The molecule has 0 aliphatic carbocycles. The molecule has 1 saturated heterocycles. The Morgan fingerprint density at radius 2 is 1.93 bits per heavy atom. The lowest BCUT2D eigenvalue weighted by Crippen LogP contribution is -2.51. The Labute approximate surface area is 174 Å². The molecule has 9 heteroatoms. The maximum atomic E-state index is 13.0. The lowest BCUT2D eigenvalue weighted by Gasteiger charge is -2.35. The second-order valence-electron chi connectivity index (χ2n) is 8.13. The van der Waals surface area contributed by atoms with Gasteiger partial charge in [-0.25, -0.2) is 4.63 Å². The highest BCUT2D eigenvalue weighted by atomic mass is 35.5. The van der Waals surface area contributed by atoms with E-state index in [1.165, 1.54) is 0 Å². The number of carbonyl (C=O) groups excluding carboxylic acids is 2. The van der Waals surface area contributed by atoms with Crippen molar-refractivity contribution in [3.8, 4) is 0 Å². The third kappa shape index (κ3) is 3.62. The fourth-order valence-electron chi connectivity index (χ4n) is 3.96. The minimum Gasteiger partial charge on any atom is -0.339 e. The molecule has 0 spiro atoms. The van der Waals surface area contributed by atoms with Gasteiger partial charge in [0.05, 0.1) is 5.41 Å². The highest BCUT2D eigenvalue weighted by molar-refractivity contribution is 6.31. The van der Waals surface area contributed by atoms with E-state index in [9.17, 15) is 9.59 Å². The molecule has 1 fully saturated rings. The standard InChI is InChI=1S/C20H24ClN5O3/c1-13-16(23-29-22-13)11-24-6-8-25(9-7-24)18(27)12-26-17-5-4-14(21)10-15(17)20(2,3)19(26)28/h4-5,10H,6-9,11-12H2,1-3H3. The van der Waals surface area contributed by atoms with Crippen LogP contribution in [-0.4, -0.2) is 64.7 Å². The number of hydrogen-bond acceptors (Lipinski definition) is 6. The first-order valence-corrected chi connectivity index (χ1v) is 10.1. The summed E-state index contributed by atoms with van der Waals surface area (Å²) in [7, 11) is 0. The van der Waals surface area contributed by atoms with Crippen molar-refractivity contribution in [3.63, 3.8) is 0 Å². The number of anilines is 1. The van der Waals surface area contributed by atoms with Gasteiger partial charge in [-0.2, -0.15) is 0 Å². The van der Waals surface area contributed by atoms with Crippen molar-refractivity contribution in [3.05, 3.63) is 40.2 Å². The Kier molecular flexibility index (Phi) is 5.08. The van der Waals surface area contributed by atoms with E-state index in [4.69, 9.17) is 16.2 Å². The largest absolute Gasteiger partial charge is 0.339 e. The van der Waals surface area contributed by atoms with E-state index >= 15 is 0 Å². The number of nitrogens with zero attached hydrogens (tertiary/aromatic N) is 5. The number of aryl methyl sites for hydroxylation is 1. The van der Waals surface area contributed by atoms with Crippen molar-refractivity contribution in [1.82, 2.24) is 20.1 Å². The molecule has 0 radical (unpaired) electrons. The lowest BCUT2D eigenvalue weighted by atomic mass is 9.86. The topological polar surface area (TPSA) is 82.8 Å². The lowest BCUT2D eigenvalue weighted by molar-refractivity contribution is -0.133. The van der Waals surface area contributed by atoms with Gasteiger partial charge < -0.3 is 9.80 Å². The number of amides is 2. The molecule has 0 N–H and O–H groups in total. The van der Waals surface area contributed by atoms with Crippen LogP contribution in [-0.2, 0) is 21.5 Å². The number of halogens is 1. The van der Waals surface area contributed by atoms with E-state index in [1.54, 1.807) is 11.0 Å². The number of aromatic nitrogens is 2. The predicted octanol–water partition coefficient (Wildman–Crippen LogP) is 2.00. The average molecular weight is 418 g/mol. The number of carbonyl (C=O) groups is 2. The van der Waals surface area contributed by atoms with Crippen molar-refractivity contribution < 1.29 is 14.2 Å². The summed E-state index contributed by atoms with van der Waals surface area (Å²) in [5.74, 6) is -0.119. The minimum atomic E-state index is -0.692. The summed E-state index contributed by atoms with van der Waals surface area (Å²) < 4.78 is 4.75. The molecular formula is C20H24ClN5O3. The van der Waals surface area contributed by atoms with Crippen LogP contribution in [0.3, 0.4) is 0 Å². The first-order valence-electron chi connectivity index (χ1n) is 9.67. The first-order chi connectivity index (χ1) is 13.8. The van der Waals surface area contributed by atoms with Crippen LogP contribution in [0.4, 0.5) is 5.69 Å². The number of benzene rings is 1. The van der Waals surface area contributed by atoms with E-state index in [0.717, 1.165) is 35.7 Å². The van der Waals surface area contributed by atoms with Gasteiger partial charge >= 0.3 is 0 Å². The van der Waals surface area contributed by atoms with Crippen molar-refractivity contribution in [2.75, 3.05) is 37.6 Å². The van der Waals surface area contributed by atoms with Crippen LogP contribution in [0.15, 0.2) is 22.8 Å². The van der Waals surface area contributed by atoms with Crippen molar-refractivity contribution in [2.24, 2.45) is 0 Å². The summed E-state index contributed by atoms with van der Waals surface area (Å²) in [6.45, 7) is 9.01. The van der Waals surface area contributed by atoms with Crippen molar-refractivity contribution in [1.29, 1.82) is 0 Å². The molecule has 154 valence electrons. The van der Waals surface area contributed by atoms with Crippen LogP contribution in [0.2, 0.25) is 5.02 Å². The van der Waals surface area contributed by atoms with E-state index in [0.29, 0.717) is 24.7 Å². The highest BCUT2D eigenvalue weighted by Crippen LogP contribution is 2.42. The molecule has 29 heavy (non-hydrogen) atoms. The van der Waals surface area contributed by atoms with Crippen LogP contribution >= 0.6 is 11.6 Å². The zero-order valence-corrected chi connectivity index (χ0v) is 17.6. The quantitative estimate of drug-likeness (QED) is 0.756. The third-order valence-corrected chi connectivity index (χ3v) is 6.08. The van der Waals surface area contributed by atoms with Gasteiger partial charge in [-0.15, -0.1) is 0 Å². The molecule has 1 aromatic carbocycles. The van der Waals surface area contributed by atoms with Crippen LogP contribution in [0.25, 0.3) is 0 Å². The molecule has 3 heterocycles. The van der Waals surface area contributed by atoms with E-state index in [-0.39, 0.29) is 18.4 Å². The predicted molar refractivity (Wildman–Crippen MR) is 108 cm³/mol. The zero-order valence-electron chi connectivity index (χ0n) is 16.8. The smallest absolute Gasteiger partial charge is 0.242 e. The average Bonchev–Trinajstić information content (AvgIpc) is 3.17. The van der Waals surface area contributed by atoms with Crippen LogP contribution in [0.5, 0.6) is 0 Å². The van der Waals surface area contributed by atoms with Crippen LogP contribution < -0.4 is 4.90 Å². The summed E-state index contributed by atoms with van der Waals surface area (Å²) in [5, 5.41) is 8.31. The Morgan fingerprint density at radius 3 is 2.59 bits per heavy atom. The minimum absolute atomic E-state index is 0.0449. The number of hydrogen-bond donors (Lipinski definition) is 0. The summed E-state index contributed by atoms with van der Waals surface area (Å²) in [4.78, 5) is 31.5. The third-order valence-electron chi connectivity index (χ3n) is 5.84. The first kappa shape index (κ1) is 19.8. The fraction of sp³-hybridized carbons (Fsp3) is 0.500. The maximum Gasteiger partial charge on any atom is 0.242 e. The summed E-state index contributed by atoms with van der Waals surface area (Å²) in [5.41, 5.74) is 2.56. The zero-order chi connectivity index (χ0) is 20.8. The van der Waals surface area contributed by atoms with Crippen molar-refractivity contribution >= 4 is 29.1 Å².